The van der Waals surface area contributed by atoms with E-state index in [4.69, 9.17) is 30.5 Å². The van der Waals surface area contributed by atoms with Crippen molar-refractivity contribution < 1.29 is 18.9 Å². The molecule has 2 heterocycles. The van der Waals surface area contributed by atoms with Crippen molar-refractivity contribution in [1.29, 1.82) is 0 Å². The van der Waals surface area contributed by atoms with Gasteiger partial charge in [0.15, 0.2) is 23.0 Å². The molecule has 1 aromatic heterocycles. The Labute approximate surface area is 184 Å². The molecule has 5 rings (SSSR count). The molecular formula is C24H22ClNO5. The Bertz CT molecular complexity index is 1310. The van der Waals surface area contributed by atoms with Crippen LogP contribution in [0.5, 0.6) is 23.0 Å². The maximum atomic E-state index is 13.3. The molecule has 2 aromatic carbocycles. The molecule has 0 spiro atoms. The summed E-state index contributed by atoms with van der Waals surface area (Å²) in [7, 11) is 4.96. The molecular weight excluding hydrogens is 418 g/mol. The fraction of sp³-hybridized carbons (Fsp3) is 0.292. The summed E-state index contributed by atoms with van der Waals surface area (Å²) in [6, 6.07) is 7.60. The summed E-state index contributed by atoms with van der Waals surface area (Å²) in [6.07, 6.45) is 3.88. The molecule has 0 radical (unpaired) electrons. The first kappa shape index (κ1) is 19.8. The van der Waals surface area contributed by atoms with Crippen LogP contribution < -0.4 is 24.5 Å². The third-order valence-electron chi connectivity index (χ3n) is 5.91. The lowest BCUT2D eigenvalue weighted by atomic mass is 9.97. The van der Waals surface area contributed by atoms with Gasteiger partial charge >= 0.3 is 0 Å². The van der Waals surface area contributed by atoms with Gasteiger partial charge in [0, 0.05) is 29.4 Å². The molecule has 3 aromatic rings. The number of ether oxygens (including phenoxy) is 4. The molecule has 0 fully saturated rings. The maximum Gasteiger partial charge on any atom is 0.258 e. The Balaban J connectivity index is 1.89. The van der Waals surface area contributed by atoms with Crippen LogP contribution >= 0.6 is 11.6 Å². The summed E-state index contributed by atoms with van der Waals surface area (Å²) in [5, 5.41) is 1.40. The molecule has 0 saturated heterocycles. The number of halogens is 1. The predicted molar refractivity (Wildman–Crippen MR) is 121 cm³/mol. The van der Waals surface area contributed by atoms with Crippen LogP contribution in [0, 0.1) is 0 Å². The Morgan fingerprint density at radius 1 is 1.03 bits per heavy atom. The average molecular weight is 440 g/mol. The molecule has 0 N–H and O–H groups in total. The second-order valence-corrected chi connectivity index (χ2v) is 7.92. The number of hydrogen-bond acceptors (Lipinski definition) is 5. The number of benzene rings is 2. The first-order valence-corrected chi connectivity index (χ1v) is 10.6. The quantitative estimate of drug-likeness (QED) is 0.333. The number of alkyl halides is 1. The highest BCUT2D eigenvalue weighted by Crippen LogP contribution is 2.51. The zero-order valence-electron chi connectivity index (χ0n) is 17.6. The largest absolute Gasteiger partial charge is 0.493 e. The summed E-state index contributed by atoms with van der Waals surface area (Å²) in [4.78, 5) is 13.3. The average Bonchev–Trinajstić information content (AvgIpc) is 3.37. The number of aromatic nitrogens is 1. The van der Waals surface area contributed by atoms with E-state index in [1.807, 2.05) is 18.2 Å². The second kappa shape index (κ2) is 7.54. The maximum absolute atomic E-state index is 13.3. The fourth-order valence-electron chi connectivity index (χ4n) is 4.46. The molecule has 0 bridgehead atoms. The van der Waals surface area contributed by atoms with Crippen molar-refractivity contribution in [1.82, 2.24) is 4.57 Å². The summed E-state index contributed by atoms with van der Waals surface area (Å²) in [5.41, 5.74) is 4.78. The number of fused-ring (bicyclic) bond motifs is 6. The molecule has 0 saturated carbocycles. The van der Waals surface area contributed by atoms with E-state index in [0.717, 1.165) is 46.2 Å². The Hall–Kier alpha value is -3.12. The zero-order chi connectivity index (χ0) is 21.7. The van der Waals surface area contributed by atoms with Crippen molar-refractivity contribution in [2.75, 3.05) is 26.9 Å². The lowest BCUT2D eigenvalue weighted by Gasteiger charge is -2.15. The SMILES string of the molecule is COc1cc2c3c(n(C)c(=O)c2cc1OC)-c1cc2c(cc1/C3=C\CCCCl)OCO2. The smallest absolute Gasteiger partial charge is 0.258 e. The van der Waals surface area contributed by atoms with Gasteiger partial charge in [-0.2, -0.15) is 0 Å². The van der Waals surface area contributed by atoms with Gasteiger partial charge in [-0.25, -0.2) is 0 Å². The third kappa shape index (κ3) is 2.89. The van der Waals surface area contributed by atoms with E-state index >= 15 is 0 Å². The van der Waals surface area contributed by atoms with Gasteiger partial charge in [-0.1, -0.05) is 6.08 Å². The lowest BCUT2D eigenvalue weighted by Crippen LogP contribution is -2.19. The highest BCUT2D eigenvalue weighted by atomic mass is 35.5. The van der Waals surface area contributed by atoms with Crippen LogP contribution in [0.3, 0.4) is 0 Å². The number of allylic oxidation sites excluding steroid dienone is 1. The normalized spacial score (nSPS) is 14.8. The molecule has 0 unspecified atom stereocenters. The summed E-state index contributed by atoms with van der Waals surface area (Å²) in [5.74, 6) is 3.09. The van der Waals surface area contributed by atoms with Crippen LogP contribution in [-0.2, 0) is 7.05 Å². The minimum Gasteiger partial charge on any atom is -0.493 e. The molecule has 0 amide bonds. The first-order chi connectivity index (χ1) is 15.1. The van der Waals surface area contributed by atoms with E-state index in [1.54, 1.807) is 31.9 Å². The van der Waals surface area contributed by atoms with Crippen molar-refractivity contribution in [2.24, 2.45) is 7.05 Å². The lowest BCUT2D eigenvalue weighted by molar-refractivity contribution is 0.174. The van der Waals surface area contributed by atoms with Crippen LogP contribution in [0.1, 0.15) is 24.0 Å². The van der Waals surface area contributed by atoms with Crippen molar-refractivity contribution in [3.63, 3.8) is 0 Å². The number of unbranched alkanes of at least 4 members (excludes halogenated alkanes) is 1. The van der Waals surface area contributed by atoms with Crippen LogP contribution in [-0.4, -0.2) is 31.5 Å². The van der Waals surface area contributed by atoms with E-state index in [9.17, 15) is 4.79 Å². The van der Waals surface area contributed by atoms with Crippen LogP contribution in [0.2, 0.25) is 0 Å². The summed E-state index contributed by atoms with van der Waals surface area (Å²) < 4.78 is 23.9. The van der Waals surface area contributed by atoms with Gasteiger partial charge in [-0.3, -0.25) is 4.79 Å². The van der Waals surface area contributed by atoms with E-state index in [1.165, 1.54) is 0 Å². The number of rotatable bonds is 5. The predicted octanol–water partition coefficient (Wildman–Crippen LogP) is 4.72. The van der Waals surface area contributed by atoms with E-state index in [0.29, 0.717) is 34.3 Å². The zero-order valence-corrected chi connectivity index (χ0v) is 18.3. The molecule has 1 aliphatic heterocycles. The Morgan fingerprint density at radius 2 is 1.68 bits per heavy atom. The molecule has 1 aliphatic carbocycles. The van der Waals surface area contributed by atoms with Crippen molar-refractivity contribution in [3.8, 4) is 34.3 Å². The minimum absolute atomic E-state index is 0.0969. The van der Waals surface area contributed by atoms with Gasteiger partial charge in [-0.15, -0.1) is 11.6 Å². The Kier molecular flexibility index (Phi) is 4.82. The van der Waals surface area contributed by atoms with Crippen LogP contribution in [0.15, 0.2) is 35.1 Å². The molecule has 6 nitrogen and oxygen atoms in total. The molecule has 160 valence electrons. The van der Waals surface area contributed by atoms with Gasteiger partial charge in [-0.05, 0) is 48.2 Å². The van der Waals surface area contributed by atoms with Crippen molar-refractivity contribution in [2.45, 2.75) is 12.8 Å². The van der Waals surface area contributed by atoms with E-state index in [2.05, 4.69) is 6.08 Å². The summed E-state index contributed by atoms with van der Waals surface area (Å²) >= 11 is 5.94. The molecule has 31 heavy (non-hydrogen) atoms. The topological polar surface area (TPSA) is 58.9 Å². The number of methoxy groups -OCH3 is 2. The molecule has 7 heteroatoms. The van der Waals surface area contributed by atoms with E-state index < -0.39 is 0 Å². The minimum atomic E-state index is -0.0969. The highest BCUT2D eigenvalue weighted by Gasteiger charge is 2.32. The number of nitrogens with zero attached hydrogens (tertiary/aromatic N) is 1. The van der Waals surface area contributed by atoms with Gasteiger partial charge in [0.25, 0.3) is 5.56 Å². The van der Waals surface area contributed by atoms with Crippen LogP contribution in [0.25, 0.3) is 27.6 Å². The van der Waals surface area contributed by atoms with Gasteiger partial charge in [0.05, 0.1) is 25.3 Å². The van der Waals surface area contributed by atoms with Gasteiger partial charge < -0.3 is 23.5 Å². The van der Waals surface area contributed by atoms with E-state index in [-0.39, 0.29) is 12.4 Å². The highest BCUT2D eigenvalue weighted by molar-refractivity contribution is 6.17. The summed E-state index contributed by atoms with van der Waals surface area (Å²) in [6.45, 7) is 0.198. The second-order valence-electron chi connectivity index (χ2n) is 7.54. The first-order valence-electron chi connectivity index (χ1n) is 10.1. The molecule has 2 aliphatic rings. The monoisotopic (exact) mass is 439 g/mol. The number of hydrogen-bond donors (Lipinski definition) is 0. The Morgan fingerprint density at radius 3 is 2.32 bits per heavy atom. The van der Waals surface area contributed by atoms with Crippen molar-refractivity contribution >= 4 is 27.9 Å². The van der Waals surface area contributed by atoms with Crippen molar-refractivity contribution in [3.05, 3.63) is 51.8 Å². The van der Waals surface area contributed by atoms with Crippen LogP contribution in [0.4, 0.5) is 0 Å². The third-order valence-corrected chi connectivity index (χ3v) is 6.18. The van der Waals surface area contributed by atoms with Gasteiger partial charge in [0.1, 0.15) is 0 Å². The molecule has 0 atom stereocenters. The fourth-order valence-corrected chi connectivity index (χ4v) is 4.61. The van der Waals surface area contributed by atoms with Gasteiger partial charge in [0.2, 0.25) is 6.79 Å². The number of pyridine rings is 1. The standard InChI is InChI=1S/C24H22ClNO5/c1-26-23-16-10-21-20(30-12-31-21)8-14(16)13(6-4-5-7-25)22(23)15-9-18(28-2)19(29-3)11-17(15)24(26)27/h6,8-11H,4-5,7,12H2,1-3H3/b13-6+.